The van der Waals surface area contributed by atoms with Crippen LogP contribution in [0.25, 0.3) is 0 Å². The van der Waals surface area contributed by atoms with Crippen LogP contribution in [-0.2, 0) is 14.3 Å². The number of nitrogens with zero attached hydrogens (tertiary/aromatic N) is 2. The number of urea groups is 1. The number of allylic oxidation sites excluding steroid dienone is 1. The molecule has 0 saturated heterocycles. The van der Waals surface area contributed by atoms with Gasteiger partial charge in [-0.25, -0.2) is 14.4 Å². The number of carbonyl (C=O) groups is 4. The minimum absolute atomic E-state index is 0.0603. The molecule has 1 atom stereocenters. The number of ether oxygens (including phenoxy) is 2. The Bertz CT molecular complexity index is 1250. The summed E-state index contributed by atoms with van der Waals surface area (Å²) >= 11 is 0. The first-order valence-electron chi connectivity index (χ1n) is 11.4. The summed E-state index contributed by atoms with van der Waals surface area (Å²) in [6, 6.07) is 9.59. The van der Waals surface area contributed by atoms with Gasteiger partial charge in [0, 0.05) is 36.4 Å². The van der Waals surface area contributed by atoms with Gasteiger partial charge >= 0.3 is 23.9 Å². The second-order valence-corrected chi connectivity index (χ2v) is 7.98. The van der Waals surface area contributed by atoms with Gasteiger partial charge in [-0.3, -0.25) is 19.8 Å². The Hall–Kier alpha value is -4.74. The summed E-state index contributed by atoms with van der Waals surface area (Å²) in [6.07, 6.45) is 0.0148. The zero-order chi connectivity index (χ0) is 27.1. The molecule has 1 aliphatic heterocycles. The molecule has 0 fully saturated rings. The van der Waals surface area contributed by atoms with Crippen LogP contribution in [-0.4, -0.2) is 52.0 Å². The molecule has 3 rings (SSSR count). The number of amides is 2. The first-order chi connectivity index (χ1) is 17.6. The lowest BCUT2D eigenvalue weighted by molar-refractivity contribution is -0.384. The van der Waals surface area contributed by atoms with Gasteiger partial charge in [0.2, 0.25) is 0 Å². The van der Waals surface area contributed by atoms with E-state index >= 15 is 0 Å². The van der Waals surface area contributed by atoms with Crippen molar-refractivity contribution in [3.05, 3.63) is 81.0 Å². The van der Waals surface area contributed by atoms with Crippen molar-refractivity contribution < 1.29 is 38.7 Å². The van der Waals surface area contributed by atoms with E-state index in [1.54, 1.807) is 32.0 Å². The average Bonchev–Trinajstić information content (AvgIpc) is 2.86. The number of benzene rings is 2. The van der Waals surface area contributed by atoms with Crippen LogP contribution in [0.4, 0.5) is 10.5 Å². The summed E-state index contributed by atoms with van der Waals surface area (Å²) in [6.45, 7) is 3.33. The van der Waals surface area contributed by atoms with E-state index in [4.69, 9.17) is 14.6 Å². The minimum Gasteiger partial charge on any atom is -0.481 e. The first kappa shape index (κ1) is 26.9. The van der Waals surface area contributed by atoms with Crippen molar-refractivity contribution in [2.24, 2.45) is 0 Å². The molecule has 194 valence electrons. The third-order valence-electron chi connectivity index (χ3n) is 5.61. The molecular formula is C25H25N3O9. The molecule has 1 aliphatic rings. The summed E-state index contributed by atoms with van der Waals surface area (Å²) in [5, 5.41) is 22.5. The van der Waals surface area contributed by atoms with Gasteiger partial charge in [0.25, 0.3) is 5.69 Å². The van der Waals surface area contributed by atoms with E-state index < -0.39 is 34.9 Å². The number of nitro groups is 1. The molecule has 0 spiro atoms. The van der Waals surface area contributed by atoms with Gasteiger partial charge in [0.1, 0.15) is 5.75 Å². The topological polar surface area (TPSA) is 165 Å². The maximum Gasteiger partial charge on any atom is 0.343 e. The molecule has 1 unspecified atom stereocenters. The van der Waals surface area contributed by atoms with E-state index in [2.05, 4.69) is 5.32 Å². The van der Waals surface area contributed by atoms with E-state index in [1.807, 2.05) is 0 Å². The molecule has 2 N–H and O–H groups in total. The Morgan fingerprint density at radius 3 is 2.41 bits per heavy atom. The predicted octanol–water partition coefficient (Wildman–Crippen LogP) is 3.58. The van der Waals surface area contributed by atoms with Crippen LogP contribution in [0.3, 0.4) is 0 Å². The Morgan fingerprint density at radius 1 is 1.11 bits per heavy atom. The molecule has 1 heterocycles. The molecule has 0 saturated carbocycles. The molecule has 2 aromatic rings. The molecular weight excluding hydrogens is 486 g/mol. The predicted molar refractivity (Wildman–Crippen MR) is 129 cm³/mol. The standard InChI is InChI=1S/C25H25N3O9/c1-3-36-24(32)21-15(2)27(14-6-9-20(29)30)25(33)26-22(21)18-7-4-5-8-19(18)37-23(31)16-10-12-17(13-11-16)28(34)35/h4-5,7-8,10-13,22H,3,6,9,14H2,1-2H3,(H,26,33)(H,29,30). The van der Waals surface area contributed by atoms with Gasteiger partial charge in [-0.1, -0.05) is 18.2 Å². The molecule has 0 radical (unpaired) electrons. The number of rotatable bonds is 10. The van der Waals surface area contributed by atoms with Crippen molar-refractivity contribution in [2.45, 2.75) is 32.7 Å². The van der Waals surface area contributed by atoms with E-state index in [1.165, 1.54) is 35.2 Å². The Kier molecular flexibility index (Phi) is 8.56. The zero-order valence-corrected chi connectivity index (χ0v) is 20.1. The van der Waals surface area contributed by atoms with Gasteiger partial charge in [-0.15, -0.1) is 0 Å². The molecule has 2 aromatic carbocycles. The second kappa shape index (κ2) is 11.8. The third kappa shape index (κ3) is 6.28. The van der Waals surface area contributed by atoms with Gasteiger partial charge in [0.05, 0.1) is 28.7 Å². The fourth-order valence-corrected chi connectivity index (χ4v) is 3.84. The van der Waals surface area contributed by atoms with Crippen molar-refractivity contribution in [1.29, 1.82) is 0 Å². The summed E-state index contributed by atoms with van der Waals surface area (Å²) in [5.74, 6) is -2.43. The summed E-state index contributed by atoms with van der Waals surface area (Å²) in [7, 11) is 0. The van der Waals surface area contributed by atoms with Crippen LogP contribution in [0, 0.1) is 10.1 Å². The van der Waals surface area contributed by atoms with Crippen LogP contribution in [0.5, 0.6) is 5.75 Å². The lowest BCUT2D eigenvalue weighted by atomic mass is 9.94. The van der Waals surface area contributed by atoms with E-state index in [-0.39, 0.29) is 54.3 Å². The lowest BCUT2D eigenvalue weighted by Crippen LogP contribution is -2.48. The molecule has 37 heavy (non-hydrogen) atoms. The van der Waals surface area contributed by atoms with Crippen molar-refractivity contribution in [3.63, 3.8) is 0 Å². The molecule has 0 aromatic heterocycles. The SMILES string of the molecule is CCOC(=O)C1=C(C)N(CCCC(=O)O)C(=O)NC1c1ccccc1OC(=O)c1ccc([N+](=O)[O-])cc1. The number of non-ortho nitro benzene ring substituents is 1. The summed E-state index contributed by atoms with van der Waals surface area (Å²) in [5.41, 5.74) is 0.577. The fraction of sp³-hybridized carbons (Fsp3) is 0.280. The highest BCUT2D eigenvalue weighted by atomic mass is 16.6. The molecule has 0 aliphatic carbocycles. The van der Waals surface area contributed by atoms with Crippen molar-refractivity contribution in [3.8, 4) is 5.75 Å². The maximum atomic E-state index is 13.0. The number of nitro benzene ring substituents is 1. The monoisotopic (exact) mass is 511 g/mol. The number of aliphatic carboxylic acids is 1. The number of hydrogen-bond acceptors (Lipinski definition) is 8. The number of carboxylic acid groups (broad SMARTS) is 1. The van der Waals surface area contributed by atoms with Crippen molar-refractivity contribution in [1.82, 2.24) is 10.2 Å². The lowest BCUT2D eigenvalue weighted by Gasteiger charge is -2.35. The Labute approximate surface area is 211 Å². The number of hydrogen-bond donors (Lipinski definition) is 2. The number of carbonyl (C=O) groups excluding carboxylic acids is 3. The highest BCUT2D eigenvalue weighted by Gasteiger charge is 2.37. The number of nitrogens with one attached hydrogen (secondary N) is 1. The van der Waals surface area contributed by atoms with Gasteiger partial charge in [-0.05, 0) is 38.5 Å². The van der Waals surface area contributed by atoms with Crippen LogP contribution < -0.4 is 10.1 Å². The molecule has 12 nitrogen and oxygen atoms in total. The first-order valence-corrected chi connectivity index (χ1v) is 11.4. The number of carboxylic acids is 1. The van der Waals surface area contributed by atoms with Crippen LogP contribution >= 0.6 is 0 Å². The maximum absolute atomic E-state index is 13.0. The van der Waals surface area contributed by atoms with E-state index in [9.17, 15) is 29.3 Å². The smallest absolute Gasteiger partial charge is 0.343 e. The van der Waals surface area contributed by atoms with Gasteiger partial charge in [0.15, 0.2) is 0 Å². The van der Waals surface area contributed by atoms with Gasteiger partial charge in [-0.2, -0.15) is 0 Å². The Morgan fingerprint density at radius 2 is 1.78 bits per heavy atom. The normalized spacial score (nSPS) is 15.1. The molecule has 0 bridgehead atoms. The summed E-state index contributed by atoms with van der Waals surface area (Å²) < 4.78 is 10.8. The minimum atomic E-state index is -1.02. The number of esters is 2. The average molecular weight is 511 g/mol. The van der Waals surface area contributed by atoms with Crippen LogP contribution in [0.15, 0.2) is 59.8 Å². The highest BCUT2D eigenvalue weighted by Crippen LogP contribution is 2.36. The Balaban J connectivity index is 1.96. The van der Waals surface area contributed by atoms with Crippen molar-refractivity contribution >= 4 is 29.6 Å². The zero-order valence-electron chi connectivity index (χ0n) is 20.1. The van der Waals surface area contributed by atoms with Crippen molar-refractivity contribution in [2.75, 3.05) is 13.2 Å². The molecule has 12 heteroatoms. The number of para-hydroxylation sites is 1. The summed E-state index contributed by atoms with van der Waals surface area (Å²) in [4.78, 5) is 61.1. The fourth-order valence-electron chi connectivity index (χ4n) is 3.84. The van der Waals surface area contributed by atoms with Crippen LogP contribution in [0.2, 0.25) is 0 Å². The highest BCUT2D eigenvalue weighted by molar-refractivity contribution is 5.96. The quantitative estimate of drug-likeness (QED) is 0.210. The third-order valence-corrected chi connectivity index (χ3v) is 5.61. The van der Waals surface area contributed by atoms with Crippen LogP contribution in [0.1, 0.15) is 48.7 Å². The van der Waals surface area contributed by atoms with E-state index in [0.29, 0.717) is 5.56 Å². The van der Waals surface area contributed by atoms with Gasteiger partial charge < -0.3 is 19.9 Å². The largest absolute Gasteiger partial charge is 0.481 e. The second-order valence-electron chi connectivity index (χ2n) is 7.98. The molecule has 2 amide bonds. The van der Waals surface area contributed by atoms with E-state index in [0.717, 1.165) is 0 Å².